The van der Waals surface area contributed by atoms with Gasteiger partial charge >= 0.3 is 0 Å². The van der Waals surface area contributed by atoms with Crippen molar-refractivity contribution in [2.24, 2.45) is 0 Å². The van der Waals surface area contributed by atoms with Gasteiger partial charge in [0.15, 0.2) is 0 Å². The lowest BCUT2D eigenvalue weighted by atomic mass is 10.1. The Kier molecular flexibility index (Phi) is 4.27. The maximum atomic E-state index is 13.0. The lowest BCUT2D eigenvalue weighted by molar-refractivity contribution is -0.122. The second-order valence-corrected chi connectivity index (χ2v) is 9.16. The minimum atomic E-state index is -0.189. The molecule has 0 unspecified atom stereocenters. The molecule has 2 heterocycles. The Bertz CT molecular complexity index is 878. The second kappa shape index (κ2) is 6.47. The highest BCUT2D eigenvalue weighted by Crippen LogP contribution is 2.43. The van der Waals surface area contributed by atoms with Gasteiger partial charge in [-0.2, -0.15) is 0 Å². The predicted octanol–water partition coefficient (Wildman–Crippen LogP) is 3.88. The van der Waals surface area contributed by atoms with Crippen LogP contribution in [0.25, 0.3) is 0 Å². The summed E-state index contributed by atoms with van der Waals surface area (Å²) in [7, 11) is 0. The molecule has 0 aliphatic carbocycles. The molecule has 2 amide bonds. The quantitative estimate of drug-likeness (QED) is 0.810. The van der Waals surface area contributed by atoms with Crippen LogP contribution < -0.4 is 9.80 Å². The molecule has 0 bridgehead atoms. The zero-order valence-corrected chi connectivity index (χ0v) is 15.9. The number of fused-ring (bicyclic) bond motifs is 2. The number of para-hydroxylation sites is 2. The van der Waals surface area contributed by atoms with Gasteiger partial charge in [-0.3, -0.25) is 9.59 Å². The molecule has 2 aliphatic heterocycles. The largest absolute Gasteiger partial charge is 0.310 e. The molecule has 26 heavy (non-hydrogen) atoms. The highest BCUT2D eigenvalue weighted by atomic mass is 32.2. The SMILES string of the molecule is CC1(C)CC(=O)N(CC(=O)N2CCc3ccccc32)c2ccccc2S1. The van der Waals surface area contributed by atoms with Crippen molar-refractivity contribution < 1.29 is 9.59 Å². The first kappa shape index (κ1) is 17.2. The molecule has 2 aromatic carbocycles. The first-order valence-corrected chi connectivity index (χ1v) is 9.73. The van der Waals surface area contributed by atoms with E-state index >= 15 is 0 Å². The Morgan fingerprint density at radius 3 is 2.58 bits per heavy atom. The number of nitrogens with zero attached hydrogens (tertiary/aromatic N) is 2. The summed E-state index contributed by atoms with van der Waals surface area (Å²) in [6.07, 6.45) is 1.28. The summed E-state index contributed by atoms with van der Waals surface area (Å²) in [6, 6.07) is 15.9. The molecular formula is C21H22N2O2S. The third kappa shape index (κ3) is 3.12. The Morgan fingerprint density at radius 1 is 1.08 bits per heavy atom. The van der Waals surface area contributed by atoms with Crippen LogP contribution in [0.5, 0.6) is 0 Å². The average molecular weight is 366 g/mol. The monoisotopic (exact) mass is 366 g/mol. The Morgan fingerprint density at radius 2 is 1.77 bits per heavy atom. The van der Waals surface area contributed by atoms with E-state index in [1.165, 1.54) is 5.56 Å². The van der Waals surface area contributed by atoms with Gasteiger partial charge in [0.25, 0.3) is 0 Å². The summed E-state index contributed by atoms with van der Waals surface area (Å²) in [5.74, 6) is -0.0175. The van der Waals surface area contributed by atoms with Gasteiger partial charge in [0, 0.05) is 28.3 Å². The third-order valence-corrected chi connectivity index (χ3v) is 6.16. The number of thioether (sulfide) groups is 1. The number of amides is 2. The predicted molar refractivity (Wildman–Crippen MR) is 106 cm³/mol. The maximum Gasteiger partial charge on any atom is 0.247 e. The van der Waals surface area contributed by atoms with Crippen LogP contribution in [0.1, 0.15) is 25.8 Å². The van der Waals surface area contributed by atoms with Gasteiger partial charge in [0.05, 0.1) is 5.69 Å². The van der Waals surface area contributed by atoms with E-state index < -0.39 is 0 Å². The summed E-state index contributed by atoms with van der Waals surface area (Å²) < 4.78 is -0.189. The van der Waals surface area contributed by atoms with Crippen molar-refractivity contribution >= 4 is 35.0 Å². The standard InChI is InChI=1S/C21H22N2O2S/c1-21(2)13-19(24)23(17-9-5-6-10-18(17)26-21)14-20(25)22-12-11-15-7-3-4-8-16(15)22/h3-10H,11-14H2,1-2H3. The Labute approximate surface area is 158 Å². The fraction of sp³-hybridized carbons (Fsp3) is 0.333. The Hall–Kier alpha value is -2.27. The van der Waals surface area contributed by atoms with Crippen molar-refractivity contribution in [1.29, 1.82) is 0 Å². The van der Waals surface area contributed by atoms with E-state index in [9.17, 15) is 9.59 Å². The van der Waals surface area contributed by atoms with Gasteiger partial charge in [0.1, 0.15) is 6.54 Å². The minimum absolute atomic E-state index is 0.00767. The lowest BCUT2D eigenvalue weighted by Crippen LogP contribution is -2.43. The molecule has 5 heteroatoms. The number of anilines is 2. The van der Waals surface area contributed by atoms with E-state index in [-0.39, 0.29) is 23.1 Å². The van der Waals surface area contributed by atoms with Crippen LogP contribution in [0, 0.1) is 0 Å². The number of rotatable bonds is 2. The second-order valence-electron chi connectivity index (χ2n) is 7.41. The molecular weight excluding hydrogens is 344 g/mol. The van der Waals surface area contributed by atoms with Gasteiger partial charge in [-0.05, 0) is 44.0 Å². The Balaban J connectivity index is 1.63. The van der Waals surface area contributed by atoms with Crippen LogP contribution in [-0.2, 0) is 16.0 Å². The van der Waals surface area contributed by atoms with Gasteiger partial charge in [-0.15, -0.1) is 11.8 Å². The molecule has 0 spiro atoms. The third-order valence-electron chi connectivity index (χ3n) is 4.90. The van der Waals surface area contributed by atoms with Crippen LogP contribution in [0.15, 0.2) is 53.4 Å². The van der Waals surface area contributed by atoms with Gasteiger partial charge in [-0.1, -0.05) is 30.3 Å². The summed E-state index contributed by atoms with van der Waals surface area (Å²) in [5.41, 5.74) is 3.01. The van der Waals surface area contributed by atoms with E-state index in [0.717, 1.165) is 22.7 Å². The van der Waals surface area contributed by atoms with Gasteiger partial charge in [0.2, 0.25) is 11.8 Å². The van der Waals surface area contributed by atoms with Crippen molar-refractivity contribution in [1.82, 2.24) is 0 Å². The zero-order chi connectivity index (χ0) is 18.3. The molecule has 4 rings (SSSR count). The lowest BCUT2D eigenvalue weighted by Gasteiger charge is -2.26. The van der Waals surface area contributed by atoms with Crippen LogP contribution in [0.2, 0.25) is 0 Å². The van der Waals surface area contributed by atoms with E-state index in [0.29, 0.717) is 13.0 Å². The molecule has 0 saturated heterocycles. The number of hydrogen-bond acceptors (Lipinski definition) is 3. The first-order chi connectivity index (χ1) is 12.4. The summed E-state index contributed by atoms with van der Waals surface area (Å²) in [4.78, 5) is 30.5. The fourth-order valence-corrected chi connectivity index (χ4v) is 4.91. The molecule has 134 valence electrons. The van der Waals surface area contributed by atoms with Crippen LogP contribution in [0.4, 0.5) is 11.4 Å². The van der Waals surface area contributed by atoms with E-state index in [1.807, 2.05) is 47.4 Å². The maximum absolute atomic E-state index is 13.0. The normalized spacial score (nSPS) is 18.3. The smallest absolute Gasteiger partial charge is 0.247 e. The zero-order valence-electron chi connectivity index (χ0n) is 15.1. The average Bonchev–Trinajstić information content (AvgIpc) is 2.99. The van der Waals surface area contributed by atoms with Crippen molar-refractivity contribution in [3.8, 4) is 0 Å². The first-order valence-electron chi connectivity index (χ1n) is 8.91. The van der Waals surface area contributed by atoms with Crippen LogP contribution in [0.3, 0.4) is 0 Å². The van der Waals surface area contributed by atoms with Crippen molar-refractivity contribution in [2.75, 3.05) is 22.9 Å². The van der Waals surface area contributed by atoms with Crippen LogP contribution in [-0.4, -0.2) is 29.7 Å². The number of hydrogen-bond donors (Lipinski definition) is 0. The summed E-state index contributed by atoms with van der Waals surface area (Å²) in [5, 5.41) is 0. The topological polar surface area (TPSA) is 40.6 Å². The molecule has 0 radical (unpaired) electrons. The molecule has 0 fully saturated rings. The van der Waals surface area contributed by atoms with Crippen molar-refractivity contribution in [3.05, 3.63) is 54.1 Å². The number of carbonyl (C=O) groups excluding carboxylic acids is 2. The minimum Gasteiger partial charge on any atom is -0.310 e. The number of benzene rings is 2. The summed E-state index contributed by atoms with van der Waals surface area (Å²) >= 11 is 1.70. The highest BCUT2D eigenvalue weighted by molar-refractivity contribution is 8.00. The van der Waals surface area contributed by atoms with Gasteiger partial charge in [-0.25, -0.2) is 0 Å². The molecule has 0 aromatic heterocycles. The van der Waals surface area contributed by atoms with Crippen LogP contribution >= 0.6 is 11.8 Å². The molecule has 2 aromatic rings. The molecule has 0 atom stereocenters. The fourth-order valence-electron chi connectivity index (χ4n) is 3.69. The van der Waals surface area contributed by atoms with E-state index in [4.69, 9.17) is 0 Å². The van der Waals surface area contributed by atoms with E-state index in [1.54, 1.807) is 16.7 Å². The van der Waals surface area contributed by atoms with Crippen molar-refractivity contribution in [2.45, 2.75) is 36.3 Å². The molecule has 0 saturated carbocycles. The number of carbonyl (C=O) groups is 2. The molecule has 0 N–H and O–H groups in total. The molecule has 4 nitrogen and oxygen atoms in total. The highest BCUT2D eigenvalue weighted by Gasteiger charge is 2.35. The van der Waals surface area contributed by atoms with Crippen molar-refractivity contribution in [3.63, 3.8) is 0 Å². The molecule has 2 aliphatic rings. The summed E-state index contributed by atoms with van der Waals surface area (Å²) in [6.45, 7) is 4.92. The van der Waals surface area contributed by atoms with Gasteiger partial charge < -0.3 is 9.80 Å². The van der Waals surface area contributed by atoms with E-state index in [2.05, 4.69) is 19.9 Å².